The Labute approximate surface area is 107 Å². The molecule has 0 bridgehead atoms. The molecule has 1 fully saturated rings. The van der Waals surface area contributed by atoms with Gasteiger partial charge in [0.1, 0.15) is 0 Å². The molecule has 4 nitrogen and oxygen atoms in total. The van der Waals surface area contributed by atoms with Crippen molar-refractivity contribution < 1.29 is 0 Å². The zero-order chi connectivity index (χ0) is 12.7. The molecule has 0 radical (unpaired) electrons. The lowest BCUT2D eigenvalue weighted by Gasteiger charge is -2.31. The van der Waals surface area contributed by atoms with Gasteiger partial charge in [0, 0.05) is 38.9 Å². The molecule has 4 heteroatoms. The molecular weight excluding hydrogens is 212 g/mol. The molecule has 2 atom stereocenters. The summed E-state index contributed by atoms with van der Waals surface area (Å²) in [5.74, 6) is 0.698. The molecule has 2 unspecified atom stereocenters. The van der Waals surface area contributed by atoms with Crippen LogP contribution in [0, 0.1) is 5.92 Å². The third-order valence-electron chi connectivity index (χ3n) is 3.54. The van der Waals surface area contributed by atoms with Crippen LogP contribution in [-0.2, 0) is 0 Å². The van der Waals surface area contributed by atoms with Crippen molar-refractivity contribution in [2.24, 2.45) is 5.92 Å². The maximum atomic E-state index is 3.65. The Hall–Kier alpha value is -0.160. The average Bonchev–Trinajstić information content (AvgIpc) is 2.34. The molecular formula is C13H30N4. The van der Waals surface area contributed by atoms with Gasteiger partial charge in [-0.05, 0) is 19.3 Å². The largest absolute Gasteiger partial charge is 0.314 e. The highest BCUT2D eigenvalue weighted by atomic mass is 15.3. The number of nitrogens with zero attached hydrogens (tertiary/aromatic N) is 1. The van der Waals surface area contributed by atoms with Crippen molar-refractivity contribution in [1.29, 1.82) is 0 Å². The summed E-state index contributed by atoms with van der Waals surface area (Å²) in [5, 5.41) is 10.6. The quantitative estimate of drug-likeness (QED) is 0.578. The van der Waals surface area contributed by atoms with Crippen molar-refractivity contribution in [1.82, 2.24) is 20.9 Å². The summed E-state index contributed by atoms with van der Waals surface area (Å²) in [6, 6.07) is 0.612. The Bertz CT molecular complexity index is 190. The minimum Gasteiger partial charge on any atom is -0.314 e. The number of piperazine rings is 1. The number of hydrogen-bond acceptors (Lipinski definition) is 4. The van der Waals surface area contributed by atoms with Crippen LogP contribution in [0.15, 0.2) is 0 Å². The van der Waals surface area contributed by atoms with E-state index in [1.165, 1.54) is 6.42 Å². The van der Waals surface area contributed by atoms with E-state index < -0.39 is 0 Å². The molecule has 1 rings (SSSR count). The Balaban J connectivity index is 2.17. The second kappa shape index (κ2) is 8.03. The van der Waals surface area contributed by atoms with Gasteiger partial charge in [-0.2, -0.15) is 0 Å². The second-order valence-electron chi connectivity index (χ2n) is 5.38. The Morgan fingerprint density at radius 1 is 1.18 bits per heavy atom. The van der Waals surface area contributed by atoms with Gasteiger partial charge in [0.2, 0.25) is 0 Å². The van der Waals surface area contributed by atoms with Crippen LogP contribution in [-0.4, -0.2) is 50.0 Å². The lowest BCUT2D eigenvalue weighted by Crippen LogP contribution is -2.53. The molecule has 0 aromatic heterocycles. The fraction of sp³-hybridized carbons (Fsp3) is 1.00. The molecule has 0 aromatic carbocycles. The highest BCUT2D eigenvalue weighted by Crippen LogP contribution is 2.05. The van der Waals surface area contributed by atoms with Gasteiger partial charge in [-0.1, -0.05) is 20.8 Å². The molecule has 1 aliphatic heterocycles. The van der Waals surface area contributed by atoms with Crippen molar-refractivity contribution in [3.05, 3.63) is 0 Å². The van der Waals surface area contributed by atoms with E-state index >= 15 is 0 Å². The zero-order valence-corrected chi connectivity index (χ0v) is 11.9. The molecule has 1 saturated heterocycles. The fourth-order valence-electron chi connectivity index (χ4n) is 2.30. The van der Waals surface area contributed by atoms with Crippen molar-refractivity contribution in [2.45, 2.75) is 46.3 Å². The minimum absolute atomic E-state index is 0.386. The number of nitrogens with one attached hydrogen (secondary N) is 3. The molecule has 102 valence electrons. The van der Waals surface area contributed by atoms with Crippen LogP contribution in [0.1, 0.15) is 34.1 Å². The molecule has 3 N–H and O–H groups in total. The summed E-state index contributed by atoms with van der Waals surface area (Å²) in [5.41, 5.74) is 0. The zero-order valence-electron chi connectivity index (χ0n) is 11.9. The van der Waals surface area contributed by atoms with Crippen LogP contribution in [0.5, 0.6) is 0 Å². The average molecular weight is 242 g/mol. The maximum Gasteiger partial charge on any atom is 0.0554 e. The molecule has 0 amide bonds. The molecule has 0 saturated carbocycles. The van der Waals surface area contributed by atoms with E-state index in [-0.39, 0.29) is 0 Å². The van der Waals surface area contributed by atoms with Crippen LogP contribution in [0.3, 0.4) is 0 Å². The van der Waals surface area contributed by atoms with Gasteiger partial charge in [0.05, 0.1) is 6.17 Å². The summed E-state index contributed by atoms with van der Waals surface area (Å²) >= 11 is 0. The molecule has 0 aliphatic carbocycles. The Kier molecular flexibility index (Phi) is 7.04. The summed E-state index contributed by atoms with van der Waals surface area (Å²) in [6.07, 6.45) is 1.58. The van der Waals surface area contributed by atoms with E-state index in [0.29, 0.717) is 18.1 Å². The lowest BCUT2D eigenvalue weighted by atomic mass is 10.0. The minimum atomic E-state index is 0.386. The van der Waals surface area contributed by atoms with Gasteiger partial charge in [0.15, 0.2) is 0 Å². The van der Waals surface area contributed by atoms with Crippen molar-refractivity contribution in [2.75, 3.05) is 32.8 Å². The van der Waals surface area contributed by atoms with Gasteiger partial charge in [-0.15, -0.1) is 0 Å². The van der Waals surface area contributed by atoms with Gasteiger partial charge >= 0.3 is 0 Å². The Morgan fingerprint density at radius 3 is 2.35 bits per heavy atom. The van der Waals surface area contributed by atoms with E-state index in [1.54, 1.807) is 0 Å². The normalized spacial score (nSPS) is 21.7. The predicted molar refractivity (Wildman–Crippen MR) is 74.0 cm³/mol. The second-order valence-corrected chi connectivity index (χ2v) is 5.38. The van der Waals surface area contributed by atoms with Crippen LogP contribution >= 0.6 is 0 Å². The first-order chi connectivity index (χ1) is 8.13. The molecule has 1 aliphatic rings. The summed E-state index contributed by atoms with van der Waals surface area (Å²) in [4.78, 5) is 2.46. The van der Waals surface area contributed by atoms with Gasteiger partial charge in [-0.3, -0.25) is 15.5 Å². The van der Waals surface area contributed by atoms with Gasteiger partial charge < -0.3 is 5.32 Å². The van der Waals surface area contributed by atoms with Crippen molar-refractivity contribution in [3.63, 3.8) is 0 Å². The number of hydrogen-bond donors (Lipinski definition) is 3. The third kappa shape index (κ3) is 5.82. The molecule has 17 heavy (non-hydrogen) atoms. The monoisotopic (exact) mass is 242 g/mol. The SMILES string of the molecule is CCC(NC(C)NCN1CCNCC1)C(C)C. The van der Waals surface area contributed by atoms with E-state index in [4.69, 9.17) is 0 Å². The highest BCUT2D eigenvalue weighted by Gasteiger charge is 2.14. The van der Waals surface area contributed by atoms with Crippen LogP contribution in [0.2, 0.25) is 0 Å². The first kappa shape index (κ1) is 14.9. The number of rotatable bonds is 7. The van der Waals surface area contributed by atoms with Gasteiger partial charge in [0.25, 0.3) is 0 Å². The summed E-state index contributed by atoms with van der Waals surface area (Å²) < 4.78 is 0. The van der Waals surface area contributed by atoms with Crippen LogP contribution in [0.25, 0.3) is 0 Å². The fourth-order valence-corrected chi connectivity index (χ4v) is 2.30. The molecule has 0 spiro atoms. The first-order valence-corrected chi connectivity index (χ1v) is 7.06. The first-order valence-electron chi connectivity index (χ1n) is 7.06. The van der Waals surface area contributed by atoms with Gasteiger partial charge in [-0.25, -0.2) is 0 Å². The predicted octanol–water partition coefficient (Wildman–Crippen LogP) is 0.809. The van der Waals surface area contributed by atoms with Crippen LogP contribution in [0.4, 0.5) is 0 Å². The third-order valence-corrected chi connectivity index (χ3v) is 3.54. The lowest BCUT2D eigenvalue weighted by molar-refractivity contribution is 0.201. The summed E-state index contributed by atoms with van der Waals surface area (Å²) in [7, 11) is 0. The summed E-state index contributed by atoms with van der Waals surface area (Å²) in [6.45, 7) is 14.6. The van der Waals surface area contributed by atoms with E-state index in [9.17, 15) is 0 Å². The van der Waals surface area contributed by atoms with Crippen molar-refractivity contribution in [3.8, 4) is 0 Å². The van der Waals surface area contributed by atoms with E-state index in [0.717, 1.165) is 32.8 Å². The van der Waals surface area contributed by atoms with E-state index in [2.05, 4.69) is 48.5 Å². The standard InChI is InChI=1S/C13H30N4/c1-5-13(11(2)3)16-12(4)15-10-17-8-6-14-7-9-17/h11-16H,5-10H2,1-4H3. The Morgan fingerprint density at radius 2 is 1.82 bits per heavy atom. The van der Waals surface area contributed by atoms with Crippen LogP contribution < -0.4 is 16.0 Å². The molecule has 1 heterocycles. The van der Waals surface area contributed by atoms with Crippen molar-refractivity contribution >= 4 is 0 Å². The maximum absolute atomic E-state index is 3.65. The molecule has 0 aromatic rings. The van der Waals surface area contributed by atoms with E-state index in [1.807, 2.05) is 0 Å². The highest BCUT2D eigenvalue weighted by molar-refractivity contribution is 4.73. The smallest absolute Gasteiger partial charge is 0.0554 e. The topological polar surface area (TPSA) is 39.3 Å².